The van der Waals surface area contributed by atoms with Crippen LogP contribution in [0.1, 0.15) is 29.2 Å². The first-order chi connectivity index (χ1) is 14.6. The second-order valence-corrected chi connectivity index (χ2v) is 6.89. The van der Waals surface area contributed by atoms with Crippen LogP contribution >= 0.6 is 0 Å². The van der Waals surface area contributed by atoms with Crippen molar-refractivity contribution in [3.63, 3.8) is 0 Å². The molecule has 1 atom stereocenters. The highest BCUT2D eigenvalue weighted by atomic mass is 19.1. The van der Waals surface area contributed by atoms with Crippen LogP contribution < -0.4 is 10.6 Å². The third-order valence-corrected chi connectivity index (χ3v) is 4.68. The molecule has 0 unspecified atom stereocenters. The summed E-state index contributed by atoms with van der Waals surface area (Å²) in [5, 5.41) is 17.1. The van der Waals surface area contributed by atoms with E-state index in [-0.39, 0.29) is 18.1 Å². The number of ether oxygens (including phenoxy) is 1. The van der Waals surface area contributed by atoms with Gasteiger partial charge in [-0.15, -0.1) is 0 Å². The van der Waals surface area contributed by atoms with Crippen molar-refractivity contribution < 1.29 is 19.0 Å². The Balaban J connectivity index is 1.83. The average Bonchev–Trinajstić information content (AvgIpc) is 2.78. The Kier molecular flexibility index (Phi) is 7.54. The minimum Gasteiger partial charge on any atom is -0.384 e. The molecule has 0 aliphatic carbocycles. The summed E-state index contributed by atoms with van der Waals surface area (Å²) in [5.74, 6) is -0.467. The molecule has 30 heavy (non-hydrogen) atoms. The summed E-state index contributed by atoms with van der Waals surface area (Å²) in [4.78, 5) is 12.2. The van der Waals surface area contributed by atoms with Gasteiger partial charge in [0.1, 0.15) is 11.9 Å². The minimum atomic E-state index is -0.906. The Bertz CT molecular complexity index is 962. The Hall–Kier alpha value is -3.22. The van der Waals surface area contributed by atoms with Crippen molar-refractivity contribution in [1.29, 1.82) is 0 Å². The first-order valence-corrected chi connectivity index (χ1v) is 9.71. The van der Waals surface area contributed by atoms with E-state index in [0.717, 1.165) is 16.8 Å². The second-order valence-electron chi connectivity index (χ2n) is 6.89. The number of methoxy groups -OCH3 is 1. The maximum atomic E-state index is 13.1. The molecule has 3 aromatic carbocycles. The first-order valence-electron chi connectivity index (χ1n) is 9.71. The maximum absolute atomic E-state index is 13.1. The molecule has 0 spiro atoms. The van der Waals surface area contributed by atoms with E-state index in [9.17, 15) is 14.3 Å². The molecule has 1 amide bonds. The zero-order valence-electron chi connectivity index (χ0n) is 16.8. The lowest BCUT2D eigenvalue weighted by Crippen LogP contribution is -2.16. The van der Waals surface area contributed by atoms with E-state index >= 15 is 0 Å². The lowest BCUT2D eigenvalue weighted by Gasteiger charge is -2.19. The van der Waals surface area contributed by atoms with Crippen LogP contribution in [0.15, 0.2) is 72.8 Å². The van der Waals surface area contributed by atoms with Gasteiger partial charge in [0.25, 0.3) is 0 Å². The van der Waals surface area contributed by atoms with Crippen LogP contribution in [-0.4, -0.2) is 24.7 Å². The van der Waals surface area contributed by atoms with Gasteiger partial charge in [-0.1, -0.05) is 42.5 Å². The van der Waals surface area contributed by atoms with Gasteiger partial charge in [-0.2, -0.15) is 0 Å². The molecule has 5 nitrogen and oxygen atoms in total. The molecule has 0 radical (unpaired) electrons. The lowest BCUT2D eigenvalue weighted by molar-refractivity contribution is -0.117. The summed E-state index contributed by atoms with van der Waals surface area (Å²) >= 11 is 0. The van der Waals surface area contributed by atoms with Crippen LogP contribution in [0.3, 0.4) is 0 Å². The first kappa shape index (κ1) is 21.5. The van der Waals surface area contributed by atoms with Gasteiger partial charge >= 0.3 is 0 Å². The number of hydrogen-bond acceptors (Lipinski definition) is 4. The quantitative estimate of drug-likeness (QED) is 0.488. The molecule has 0 aliphatic heterocycles. The Morgan fingerprint density at radius 2 is 1.80 bits per heavy atom. The van der Waals surface area contributed by atoms with Gasteiger partial charge in [0.05, 0.1) is 13.0 Å². The van der Waals surface area contributed by atoms with E-state index in [2.05, 4.69) is 10.6 Å². The smallest absolute Gasteiger partial charge is 0.226 e. The third kappa shape index (κ3) is 5.89. The number of halogens is 1. The van der Waals surface area contributed by atoms with Crippen molar-refractivity contribution in [2.75, 3.05) is 24.4 Å². The molecule has 3 aromatic rings. The number of carbonyl (C=O) groups is 1. The van der Waals surface area contributed by atoms with Crippen molar-refractivity contribution in [2.45, 2.75) is 19.1 Å². The molecule has 3 N–H and O–H groups in total. The largest absolute Gasteiger partial charge is 0.384 e. The minimum absolute atomic E-state index is 0.189. The molecular formula is C24H25FN2O3. The topological polar surface area (TPSA) is 70.6 Å². The summed E-state index contributed by atoms with van der Waals surface area (Å²) in [6, 6.07) is 20.9. The summed E-state index contributed by atoms with van der Waals surface area (Å²) in [6.07, 6.45) is -0.682. The van der Waals surface area contributed by atoms with Crippen LogP contribution in [0, 0.1) is 5.82 Å². The van der Waals surface area contributed by atoms with Crippen molar-refractivity contribution in [3.05, 3.63) is 95.3 Å². The highest BCUT2D eigenvalue weighted by Gasteiger charge is 2.17. The van der Waals surface area contributed by atoms with Crippen molar-refractivity contribution in [3.8, 4) is 0 Å². The van der Waals surface area contributed by atoms with E-state index in [4.69, 9.17) is 4.74 Å². The predicted octanol–water partition coefficient (Wildman–Crippen LogP) is 4.49. The van der Waals surface area contributed by atoms with Gasteiger partial charge in [-0.05, 0) is 41.5 Å². The number of benzene rings is 3. The zero-order chi connectivity index (χ0) is 21.3. The lowest BCUT2D eigenvalue weighted by atomic mass is 9.99. The highest BCUT2D eigenvalue weighted by Crippen LogP contribution is 2.31. The SMILES string of the molecule is COCCC(=O)Nc1ccc(NCc2ccc(F)cc2)cc1[C@H](O)c1ccccc1. The van der Waals surface area contributed by atoms with Gasteiger partial charge in [0, 0.05) is 30.6 Å². The van der Waals surface area contributed by atoms with E-state index < -0.39 is 6.10 Å². The van der Waals surface area contributed by atoms with Crippen molar-refractivity contribution in [2.24, 2.45) is 0 Å². The Morgan fingerprint density at radius 1 is 1.07 bits per heavy atom. The van der Waals surface area contributed by atoms with Crippen LogP contribution in [0.2, 0.25) is 0 Å². The number of aliphatic hydroxyl groups is 1. The van der Waals surface area contributed by atoms with E-state index in [0.29, 0.717) is 24.4 Å². The summed E-state index contributed by atoms with van der Waals surface area (Å²) in [5.41, 5.74) is 3.55. The number of rotatable bonds is 9. The van der Waals surface area contributed by atoms with Gasteiger partial charge in [-0.25, -0.2) is 4.39 Å². The van der Waals surface area contributed by atoms with Gasteiger partial charge in [-0.3, -0.25) is 4.79 Å². The van der Waals surface area contributed by atoms with Gasteiger partial charge in [0.2, 0.25) is 5.91 Å². The Labute approximate surface area is 175 Å². The summed E-state index contributed by atoms with van der Waals surface area (Å²) in [6.45, 7) is 0.820. The van der Waals surface area contributed by atoms with E-state index in [1.165, 1.54) is 12.1 Å². The summed E-state index contributed by atoms with van der Waals surface area (Å²) in [7, 11) is 1.54. The molecule has 0 saturated heterocycles. The number of nitrogens with one attached hydrogen (secondary N) is 2. The number of amides is 1. The average molecular weight is 408 g/mol. The number of anilines is 2. The molecular weight excluding hydrogens is 383 g/mol. The second kappa shape index (κ2) is 10.5. The monoisotopic (exact) mass is 408 g/mol. The van der Waals surface area contributed by atoms with E-state index in [1.54, 1.807) is 25.3 Å². The number of aliphatic hydroxyl groups excluding tert-OH is 1. The number of hydrogen-bond donors (Lipinski definition) is 3. The summed E-state index contributed by atoms with van der Waals surface area (Å²) < 4.78 is 18.0. The van der Waals surface area contributed by atoms with Crippen molar-refractivity contribution in [1.82, 2.24) is 0 Å². The molecule has 0 bridgehead atoms. The fourth-order valence-corrected chi connectivity index (χ4v) is 3.04. The third-order valence-electron chi connectivity index (χ3n) is 4.68. The Morgan fingerprint density at radius 3 is 2.50 bits per heavy atom. The van der Waals surface area contributed by atoms with Crippen LogP contribution in [-0.2, 0) is 16.1 Å². The standard InChI is InChI=1S/C24H25FN2O3/c1-30-14-13-23(28)27-22-12-11-20(26-16-17-7-9-19(25)10-8-17)15-21(22)24(29)18-5-3-2-4-6-18/h2-12,15,24,26,29H,13-14,16H2,1H3,(H,27,28)/t24-/m1/s1. The molecule has 6 heteroatoms. The molecule has 156 valence electrons. The van der Waals surface area contributed by atoms with Crippen LogP contribution in [0.25, 0.3) is 0 Å². The van der Waals surface area contributed by atoms with Crippen LogP contribution in [0.5, 0.6) is 0 Å². The maximum Gasteiger partial charge on any atom is 0.226 e. The van der Waals surface area contributed by atoms with Crippen LogP contribution in [0.4, 0.5) is 15.8 Å². The molecule has 3 rings (SSSR count). The zero-order valence-corrected chi connectivity index (χ0v) is 16.8. The molecule has 0 heterocycles. The van der Waals surface area contributed by atoms with Crippen molar-refractivity contribution >= 4 is 17.3 Å². The fourth-order valence-electron chi connectivity index (χ4n) is 3.04. The van der Waals surface area contributed by atoms with E-state index in [1.807, 2.05) is 42.5 Å². The molecule has 0 saturated carbocycles. The molecule has 0 fully saturated rings. The molecule has 0 aromatic heterocycles. The van der Waals surface area contributed by atoms with Gasteiger partial charge < -0.3 is 20.5 Å². The number of carbonyl (C=O) groups excluding carboxylic acids is 1. The fraction of sp³-hybridized carbons (Fsp3) is 0.208. The predicted molar refractivity (Wildman–Crippen MR) is 116 cm³/mol. The highest BCUT2D eigenvalue weighted by molar-refractivity contribution is 5.92. The van der Waals surface area contributed by atoms with Gasteiger partial charge in [0.15, 0.2) is 0 Å². The molecule has 0 aliphatic rings. The normalized spacial score (nSPS) is 11.7.